The van der Waals surface area contributed by atoms with Gasteiger partial charge >= 0.3 is 0 Å². The second-order valence-electron chi connectivity index (χ2n) is 7.18. The minimum absolute atomic E-state index is 0.157. The highest BCUT2D eigenvalue weighted by atomic mass is 32.2. The first-order valence-electron chi connectivity index (χ1n) is 9.83. The minimum Gasteiger partial charge on any atom is -0.301 e. The maximum atomic E-state index is 12.5. The van der Waals surface area contributed by atoms with Crippen molar-refractivity contribution < 1.29 is 13.2 Å². The van der Waals surface area contributed by atoms with Gasteiger partial charge in [0.1, 0.15) is 4.90 Å². The number of aryl methyl sites for hydroxylation is 1. The summed E-state index contributed by atoms with van der Waals surface area (Å²) in [6.45, 7) is 3.14. The molecule has 3 aromatic rings. The highest BCUT2D eigenvalue weighted by molar-refractivity contribution is 7.99. The van der Waals surface area contributed by atoms with Gasteiger partial charge in [-0.3, -0.25) is 4.79 Å². The fourth-order valence-corrected chi connectivity index (χ4v) is 6.01. The first-order chi connectivity index (χ1) is 14.9. The number of rotatable bonds is 7. The number of thiazole rings is 1. The molecule has 2 aromatic heterocycles. The average molecular weight is 475 g/mol. The van der Waals surface area contributed by atoms with E-state index in [4.69, 9.17) is 0 Å². The Morgan fingerprint density at radius 3 is 2.58 bits per heavy atom. The van der Waals surface area contributed by atoms with Crippen molar-refractivity contribution in [1.82, 2.24) is 14.3 Å². The van der Waals surface area contributed by atoms with E-state index in [1.165, 1.54) is 39.2 Å². The van der Waals surface area contributed by atoms with Gasteiger partial charge in [0.15, 0.2) is 5.13 Å². The van der Waals surface area contributed by atoms with Gasteiger partial charge in [-0.2, -0.15) is 4.31 Å². The summed E-state index contributed by atoms with van der Waals surface area (Å²) in [6.07, 6.45) is 3.14. The van der Waals surface area contributed by atoms with Crippen LogP contribution in [0.15, 0.2) is 57.9 Å². The average Bonchev–Trinajstić information content (AvgIpc) is 3.46. The maximum absolute atomic E-state index is 12.5. The Bertz CT molecular complexity index is 1150. The molecule has 0 unspecified atom stereocenters. The molecule has 7 nitrogen and oxygen atoms in total. The van der Waals surface area contributed by atoms with E-state index in [2.05, 4.69) is 15.3 Å². The second-order valence-corrected chi connectivity index (χ2v) is 11.0. The van der Waals surface area contributed by atoms with Gasteiger partial charge in [0.2, 0.25) is 15.9 Å². The molecule has 1 saturated heterocycles. The summed E-state index contributed by atoms with van der Waals surface area (Å²) in [5.41, 5.74) is 3.01. The smallest absolute Gasteiger partial charge is 0.244 e. The molecular formula is C21H22N4O3S3. The topological polar surface area (TPSA) is 92.3 Å². The molecule has 0 atom stereocenters. The molecule has 1 aliphatic rings. The van der Waals surface area contributed by atoms with Crippen LogP contribution < -0.4 is 5.32 Å². The van der Waals surface area contributed by atoms with Crippen LogP contribution in [0.4, 0.5) is 5.13 Å². The molecule has 1 fully saturated rings. The number of pyridine rings is 1. The number of anilines is 1. The highest BCUT2D eigenvalue weighted by Gasteiger charge is 2.27. The Balaban J connectivity index is 1.31. The number of amides is 1. The summed E-state index contributed by atoms with van der Waals surface area (Å²) < 4.78 is 26.6. The molecule has 3 heterocycles. The molecule has 162 valence electrons. The van der Waals surface area contributed by atoms with Crippen LogP contribution in [0.5, 0.6) is 0 Å². The van der Waals surface area contributed by atoms with Gasteiger partial charge in [0.25, 0.3) is 0 Å². The van der Waals surface area contributed by atoms with Crippen molar-refractivity contribution in [2.75, 3.05) is 24.2 Å². The van der Waals surface area contributed by atoms with E-state index in [0.29, 0.717) is 23.2 Å². The summed E-state index contributed by atoms with van der Waals surface area (Å²) in [4.78, 5) is 21.2. The van der Waals surface area contributed by atoms with Gasteiger partial charge in [-0.15, -0.1) is 11.3 Å². The monoisotopic (exact) mass is 474 g/mol. The van der Waals surface area contributed by atoms with Crippen molar-refractivity contribution in [2.24, 2.45) is 0 Å². The first-order valence-corrected chi connectivity index (χ1v) is 13.1. The predicted octanol–water partition coefficient (Wildman–Crippen LogP) is 4.03. The third kappa shape index (κ3) is 5.32. The predicted molar refractivity (Wildman–Crippen MR) is 124 cm³/mol. The van der Waals surface area contributed by atoms with Gasteiger partial charge < -0.3 is 5.32 Å². The molecule has 0 aliphatic carbocycles. The Hall–Kier alpha value is -2.27. The number of benzene rings is 1. The molecule has 31 heavy (non-hydrogen) atoms. The number of nitrogens with one attached hydrogen (secondary N) is 1. The van der Waals surface area contributed by atoms with Gasteiger partial charge in [0, 0.05) is 30.2 Å². The minimum atomic E-state index is -3.48. The van der Waals surface area contributed by atoms with Crippen LogP contribution in [-0.2, 0) is 14.8 Å². The van der Waals surface area contributed by atoms with Gasteiger partial charge in [-0.25, -0.2) is 18.4 Å². The lowest BCUT2D eigenvalue weighted by Gasteiger charge is -2.15. The largest absolute Gasteiger partial charge is 0.301 e. The molecule has 4 rings (SSSR count). The summed E-state index contributed by atoms with van der Waals surface area (Å²) in [5, 5.41) is 5.85. The molecule has 1 amide bonds. The molecule has 0 saturated carbocycles. The molecule has 1 aliphatic heterocycles. The summed E-state index contributed by atoms with van der Waals surface area (Å²) in [5.74, 6) is -0.0321. The molecule has 0 spiro atoms. The number of aromatic nitrogens is 2. The Morgan fingerprint density at radius 1 is 1.16 bits per heavy atom. The van der Waals surface area contributed by atoms with Crippen molar-refractivity contribution in [3.8, 4) is 11.3 Å². The number of hydrogen-bond acceptors (Lipinski definition) is 7. The number of nitrogens with zero attached hydrogens (tertiary/aromatic N) is 3. The standard InChI is InChI=1S/C21H22N4O3S3/c1-15-4-6-16(7-5-15)18-13-30-21(23-18)24-19(26)14-29-20-9-8-17(12-22-20)31(27,28)25-10-2-3-11-25/h4-9,12-13H,2-3,10-11,14H2,1H3,(H,23,24,26). The third-order valence-corrected chi connectivity index (χ3v) is 8.44. The molecule has 1 N–H and O–H groups in total. The summed E-state index contributed by atoms with van der Waals surface area (Å²) in [6, 6.07) is 11.3. The fraction of sp³-hybridized carbons (Fsp3) is 0.286. The van der Waals surface area contributed by atoms with Crippen LogP contribution in [0, 0.1) is 6.92 Å². The molecular weight excluding hydrogens is 452 g/mol. The van der Waals surface area contributed by atoms with Crippen LogP contribution >= 0.6 is 23.1 Å². The van der Waals surface area contributed by atoms with E-state index in [0.717, 1.165) is 24.1 Å². The van der Waals surface area contributed by atoms with Crippen LogP contribution in [-0.4, -0.2) is 47.4 Å². The fourth-order valence-electron chi connectivity index (χ4n) is 3.17. The zero-order chi connectivity index (χ0) is 21.8. The van der Waals surface area contributed by atoms with E-state index < -0.39 is 10.0 Å². The summed E-state index contributed by atoms with van der Waals surface area (Å²) in [7, 11) is -3.48. The van der Waals surface area contributed by atoms with Crippen molar-refractivity contribution >= 4 is 44.2 Å². The van der Waals surface area contributed by atoms with E-state index in [-0.39, 0.29) is 16.6 Å². The zero-order valence-corrected chi connectivity index (χ0v) is 19.4. The van der Waals surface area contributed by atoms with Gasteiger partial charge in [0.05, 0.1) is 16.5 Å². The van der Waals surface area contributed by atoms with Crippen molar-refractivity contribution in [1.29, 1.82) is 0 Å². The Labute approximate surface area is 190 Å². The molecule has 0 bridgehead atoms. The normalized spacial score (nSPS) is 14.6. The number of sulfonamides is 1. The van der Waals surface area contributed by atoms with Crippen LogP contribution in [0.2, 0.25) is 0 Å². The van der Waals surface area contributed by atoms with Crippen molar-refractivity contribution in [2.45, 2.75) is 29.7 Å². The van der Waals surface area contributed by atoms with Crippen LogP contribution in [0.1, 0.15) is 18.4 Å². The van der Waals surface area contributed by atoms with E-state index in [1.807, 2.05) is 36.6 Å². The second kappa shape index (κ2) is 9.47. The molecule has 1 aromatic carbocycles. The molecule has 0 radical (unpaired) electrons. The lowest BCUT2D eigenvalue weighted by molar-refractivity contribution is -0.113. The van der Waals surface area contributed by atoms with E-state index in [1.54, 1.807) is 12.1 Å². The number of thioether (sulfide) groups is 1. The van der Waals surface area contributed by atoms with Crippen LogP contribution in [0.3, 0.4) is 0 Å². The van der Waals surface area contributed by atoms with E-state index >= 15 is 0 Å². The van der Waals surface area contributed by atoms with Crippen LogP contribution in [0.25, 0.3) is 11.3 Å². The lowest BCUT2D eigenvalue weighted by atomic mass is 10.1. The quantitative estimate of drug-likeness (QED) is 0.520. The highest BCUT2D eigenvalue weighted by Crippen LogP contribution is 2.26. The number of carbonyl (C=O) groups is 1. The number of carbonyl (C=O) groups excluding carboxylic acids is 1. The van der Waals surface area contributed by atoms with E-state index in [9.17, 15) is 13.2 Å². The maximum Gasteiger partial charge on any atom is 0.244 e. The Morgan fingerprint density at radius 2 is 1.90 bits per heavy atom. The molecule has 10 heteroatoms. The van der Waals surface area contributed by atoms with Crippen molar-refractivity contribution in [3.05, 3.63) is 53.5 Å². The van der Waals surface area contributed by atoms with Gasteiger partial charge in [-0.1, -0.05) is 41.6 Å². The lowest BCUT2D eigenvalue weighted by Crippen LogP contribution is -2.27. The number of hydrogen-bond donors (Lipinski definition) is 1. The first kappa shape index (κ1) is 21.9. The third-order valence-electron chi connectivity index (χ3n) is 4.86. The zero-order valence-electron chi connectivity index (χ0n) is 16.9. The van der Waals surface area contributed by atoms with Crippen molar-refractivity contribution in [3.63, 3.8) is 0 Å². The SMILES string of the molecule is Cc1ccc(-c2csc(NC(=O)CSc3ccc(S(=O)(=O)N4CCCC4)cn3)n2)cc1. The Kier molecular flexibility index (Phi) is 6.71. The van der Waals surface area contributed by atoms with Gasteiger partial charge in [-0.05, 0) is 31.9 Å². The summed E-state index contributed by atoms with van der Waals surface area (Å²) >= 11 is 2.63.